The van der Waals surface area contributed by atoms with Gasteiger partial charge in [-0.15, -0.1) is 0 Å². The van der Waals surface area contributed by atoms with Gasteiger partial charge in [0.2, 0.25) is 5.91 Å². The van der Waals surface area contributed by atoms with E-state index in [-0.39, 0.29) is 12.5 Å². The Hall–Kier alpha value is -1.14. The first-order valence-electron chi connectivity index (χ1n) is 7.35. The van der Waals surface area contributed by atoms with Crippen LogP contribution < -0.4 is 5.73 Å². The minimum atomic E-state index is -1.05. The van der Waals surface area contributed by atoms with Crippen molar-refractivity contribution in [3.05, 3.63) is 0 Å². The van der Waals surface area contributed by atoms with Gasteiger partial charge in [-0.05, 0) is 38.8 Å². The molecule has 20 heavy (non-hydrogen) atoms. The molecule has 2 aliphatic rings. The van der Waals surface area contributed by atoms with E-state index in [9.17, 15) is 9.59 Å². The number of ether oxygens (including phenoxy) is 1. The van der Waals surface area contributed by atoms with Crippen LogP contribution in [-0.2, 0) is 14.3 Å². The Labute approximate surface area is 120 Å². The summed E-state index contributed by atoms with van der Waals surface area (Å²) in [5.74, 6) is 0.306. The fourth-order valence-corrected chi connectivity index (χ4v) is 2.74. The van der Waals surface area contributed by atoms with Crippen molar-refractivity contribution in [2.45, 2.75) is 32.3 Å². The van der Waals surface area contributed by atoms with Gasteiger partial charge in [0.25, 0.3) is 5.91 Å². The van der Waals surface area contributed by atoms with Crippen LogP contribution in [0.5, 0.6) is 0 Å². The zero-order chi connectivity index (χ0) is 14.8. The first-order chi connectivity index (χ1) is 9.40. The molecule has 0 spiro atoms. The first-order valence-corrected chi connectivity index (χ1v) is 7.35. The Morgan fingerprint density at radius 2 is 1.95 bits per heavy atom. The monoisotopic (exact) mass is 283 g/mol. The second-order valence-corrected chi connectivity index (χ2v) is 6.22. The molecule has 0 aromatic heterocycles. The molecular weight excluding hydrogens is 258 g/mol. The number of hydrogen-bond donors (Lipinski definition) is 1. The second kappa shape index (κ2) is 6.10. The molecule has 0 aromatic rings. The van der Waals surface area contributed by atoms with Gasteiger partial charge < -0.3 is 15.4 Å². The van der Waals surface area contributed by atoms with Crippen molar-refractivity contribution >= 4 is 11.8 Å². The van der Waals surface area contributed by atoms with E-state index in [0.29, 0.717) is 19.7 Å². The standard InChI is InChI=1S/C14H25N3O3/c1-11-3-5-16(6-4-11)9-12(18)17-7-8-20-14(2,10-17)13(15)19/h11H,3-10H2,1-2H3,(H2,15,19). The van der Waals surface area contributed by atoms with Gasteiger partial charge in [0, 0.05) is 6.54 Å². The van der Waals surface area contributed by atoms with Crippen LogP contribution in [0.2, 0.25) is 0 Å². The maximum absolute atomic E-state index is 12.3. The number of nitrogens with zero attached hydrogens (tertiary/aromatic N) is 2. The van der Waals surface area contributed by atoms with Gasteiger partial charge in [0.15, 0.2) is 5.60 Å². The summed E-state index contributed by atoms with van der Waals surface area (Å²) in [6, 6.07) is 0. The molecule has 2 aliphatic heterocycles. The molecule has 1 atom stereocenters. The fraction of sp³-hybridized carbons (Fsp3) is 0.857. The van der Waals surface area contributed by atoms with Crippen LogP contribution >= 0.6 is 0 Å². The topological polar surface area (TPSA) is 75.9 Å². The molecule has 0 saturated carbocycles. The highest BCUT2D eigenvalue weighted by Gasteiger charge is 2.39. The van der Waals surface area contributed by atoms with Gasteiger partial charge in [0.05, 0.1) is 19.7 Å². The summed E-state index contributed by atoms with van der Waals surface area (Å²) in [7, 11) is 0. The number of amides is 2. The lowest BCUT2D eigenvalue weighted by Crippen LogP contribution is -2.59. The third kappa shape index (κ3) is 3.49. The molecule has 0 radical (unpaired) electrons. The van der Waals surface area contributed by atoms with Crippen LogP contribution in [0.25, 0.3) is 0 Å². The van der Waals surface area contributed by atoms with Gasteiger partial charge in [-0.25, -0.2) is 0 Å². The number of likely N-dealkylation sites (tertiary alicyclic amines) is 1. The molecule has 6 nitrogen and oxygen atoms in total. The highest BCUT2D eigenvalue weighted by Crippen LogP contribution is 2.19. The zero-order valence-electron chi connectivity index (χ0n) is 12.4. The van der Waals surface area contributed by atoms with Gasteiger partial charge in [0.1, 0.15) is 0 Å². The minimum Gasteiger partial charge on any atom is -0.367 e. The van der Waals surface area contributed by atoms with Crippen molar-refractivity contribution in [3.63, 3.8) is 0 Å². The molecule has 1 unspecified atom stereocenters. The number of morpholine rings is 1. The molecule has 114 valence electrons. The predicted molar refractivity (Wildman–Crippen MR) is 75.0 cm³/mol. The Kier molecular flexibility index (Phi) is 4.65. The molecule has 2 amide bonds. The van der Waals surface area contributed by atoms with E-state index in [1.54, 1.807) is 11.8 Å². The van der Waals surface area contributed by atoms with Crippen LogP contribution in [0.1, 0.15) is 26.7 Å². The normalized spacial score (nSPS) is 29.4. The molecule has 0 aliphatic carbocycles. The largest absolute Gasteiger partial charge is 0.367 e. The molecule has 6 heteroatoms. The zero-order valence-corrected chi connectivity index (χ0v) is 12.4. The summed E-state index contributed by atoms with van der Waals surface area (Å²) in [4.78, 5) is 27.6. The number of piperidine rings is 1. The molecule has 2 fully saturated rings. The van der Waals surface area contributed by atoms with Crippen molar-refractivity contribution in [1.29, 1.82) is 0 Å². The van der Waals surface area contributed by atoms with E-state index in [4.69, 9.17) is 10.5 Å². The molecule has 2 rings (SSSR count). The van der Waals surface area contributed by atoms with Gasteiger partial charge in [-0.1, -0.05) is 6.92 Å². The quantitative estimate of drug-likeness (QED) is 0.779. The average molecular weight is 283 g/mol. The molecule has 0 aromatic carbocycles. The van der Waals surface area contributed by atoms with Crippen molar-refractivity contribution in [2.75, 3.05) is 39.3 Å². The van der Waals surface area contributed by atoms with Crippen molar-refractivity contribution in [2.24, 2.45) is 11.7 Å². The highest BCUT2D eigenvalue weighted by molar-refractivity contribution is 5.85. The third-order valence-corrected chi connectivity index (χ3v) is 4.38. The van der Waals surface area contributed by atoms with Crippen LogP contribution in [0.4, 0.5) is 0 Å². The number of carbonyl (C=O) groups excluding carboxylic acids is 2. The fourth-order valence-electron chi connectivity index (χ4n) is 2.74. The Morgan fingerprint density at radius 1 is 1.30 bits per heavy atom. The minimum absolute atomic E-state index is 0.0651. The molecule has 2 N–H and O–H groups in total. The van der Waals surface area contributed by atoms with E-state index in [1.165, 1.54) is 0 Å². The summed E-state index contributed by atoms with van der Waals surface area (Å²) in [5.41, 5.74) is 4.30. The lowest BCUT2D eigenvalue weighted by Gasteiger charge is -2.39. The summed E-state index contributed by atoms with van der Waals surface area (Å²) in [5, 5.41) is 0. The van der Waals surface area contributed by atoms with Crippen molar-refractivity contribution in [3.8, 4) is 0 Å². The van der Waals surface area contributed by atoms with E-state index in [1.807, 2.05) is 0 Å². The third-order valence-electron chi connectivity index (χ3n) is 4.38. The van der Waals surface area contributed by atoms with E-state index >= 15 is 0 Å². The Bertz CT molecular complexity index is 380. The molecule has 0 bridgehead atoms. The van der Waals surface area contributed by atoms with Crippen molar-refractivity contribution < 1.29 is 14.3 Å². The van der Waals surface area contributed by atoms with Gasteiger partial charge >= 0.3 is 0 Å². The number of rotatable bonds is 3. The van der Waals surface area contributed by atoms with E-state index in [0.717, 1.165) is 31.8 Å². The van der Waals surface area contributed by atoms with Crippen LogP contribution in [0.15, 0.2) is 0 Å². The van der Waals surface area contributed by atoms with Gasteiger partial charge in [-0.3, -0.25) is 14.5 Å². The number of carbonyl (C=O) groups is 2. The molecular formula is C14H25N3O3. The molecule has 2 saturated heterocycles. The first kappa shape index (κ1) is 15.3. The average Bonchev–Trinajstić information content (AvgIpc) is 2.41. The van der Waals surface area contributed by atoms with Gasteiger partial charge in [-0.2, -0.15) is 0 Å². The van der Waals surface area contributed by atoms with Crippen molar-refractivity contribution in [1.82, 2.24) is 9.80 Å². The number of primary amides is 1. The lowest BCUT2D eigenvalue weighted by atomic mass is 9.99. The smallest absolute Gasteiger partial charge is 0.251 e. The van der Waals surface area contributed by atoms with E-state index in [2.05, 4.69) is 11.8 Å². The summed E-state index contributed by atoms with van der Waals surface area (Å²) >= 11 is 0. The highest BCUT2D eigenvalue weighted by atomic mass is 16.5. The molecule has 2 heterocycles. The maximum atomic E-state index is 12.3. The SMILES string of the molecule is CC1CCN(CC(=O)N2CCOC(C)(C(N)=O)C2)CC1. The predicted octanol–water partition coefficient (Wildman–Crippen LogP) is -0.179. The second-order valence-electron chi connectivity index (χ2n) is 6.22. The summed E-state index contributed by atoms with van der Waals surface area (Å²) in [6.07, 6.45) is 2.30. The number of nitrogens with two attached hydrogens (primary N) is 1. The van der Waals surface area contributed by atoms with E-state index < -0.39 is 11.5 Å². The Balaban J connectivity index is 1.87. The van der Waals surface area contributed by atoms with Crippen LogP contribution in [0, 0.1) is 5.92 Å². The number of hydrogen-bond acceptors (Lipinski definition) is 4. The summed E-state index contributed by atoms with van der Waals surface area (Å²) in [6.45, 7) is 7.44. The maximum Gasteiger partial charge on any atom is 0.251 e. The Morgan fingerprint density at radius 3 is 2.55 bits per heavy atom. The van der Waals surface area contributed by atoms with Crippen LogP contribution in [-0.4, -0.2) is 66.5 Å². The lowest BCUT2D eigenvalue weighted by molar-refractivity contribution is -0.161. The summed E-state index contributed by atoms with van der Waals surface area (Å²) < 4.78 is 5.43. The van der Waals surface area contributed by atoms with Crippen LogP contribution in [0.3, 0.4) is 0 Å².